The lowest BCUT2D eigenvalue weighted by molar-refractivity contribution is -0.149. The number of carbonyl (C=O) groups is 1. The lowest BCUT2D eigenvalue weighted by Gasteiger charge is -2.17. The fourth-order valence-electron chi connectivity index (χ4n) is 1.05. The second kappa shape index (κ2) is 4.87. The average molecular weight is 271 g/mol. The Morgan fingerprint density at radius 3 is 2.11 bits per heavy atom. The summed E-state index contributed by atoms with van der Waals surface area (Å²) >= 11 is 0. The first-order chi connectivity index (χ1) is 8.12. The highest BCUT2D eigenvalue weighted by atomic mass is 19.4. The van der Waals surface area contributed by atoms with Crippen molar-refractivity contribution in [1.29, 1.82) is 0 Å². The van der Waals surface area contributed by atoms with Crippen LogP contribution in [0.3, 0.4) is 0 Å². The first-order valence-electron chi connectivity index (χ1n) is 4.65. The van der Waals surface area contributed by atoms with Crippen LogP contribution in [0.25, 0.3) is 0 Å². The molecule has 0 aromatic heterocycles. The van der Waals surface area contributed by atoms with Gasteiger partial charge in [0.05, 0.1) is 5.56 Å². The normalized spacial score (nSPS) is 13.3. The zero-order chi connectivity index (χ0) is 14.1. The lowest BCUT2D eigenvalue weighted by atomic mass is 10.1. The van der Waals surface area contributed by atoms with Gasteiger partial charge in [-0.05, 0) is 13.0 Å². The van der Waals surface area contributed by atoms with Gasteiger partial charge in [0.1, 0.15) is 11.9 Å². The van der Waals surface area contributed by atoms with Gasteiger partial charge in [-0.3, -0.25) is 4.79 Å². The summed E-state index contributed by atoms with van der Waals surface area (Å²) in [5.41, 5.74) is -0.995. The Hall–Kier alpha value is -1.73. The molecule has 2 nitrogen and oxygen atoms in total. The van der Waals surface area contributed by atoms with Crippen LogP contribution in [0.4, 0.5) is 26.3 Å². The first kappa shape index (κ1) is 14.3. The first-order valence-corrected chi connectivity index (χ1v) is 4.65. The Morgan fingerprint density at radius 2 is 1.61 bits per heavy atom. The van der Waals surface area contributed by atoms with Crippen LogP contribution in [-0.2, 0) is 0 Å². The molecule has 18 heavy (non-hydrogen) atoms. The minimum atomic E-state index is -4.72. The van der Waals surface area contributed by atoms with Gasteiger partial charge in [0.15, 0.2) is 11.6 Å². The Labute approximate surface area is 97.6 Å². The third kappa shape index (κ3) is 3.14. The Kier molecular flexibility index (Phi) is 3.88. The lowest BCUT2D eigenvalue weighted by Crippen LogP contribution is -2.43. The number of halogens is 6. The Morgan fingerprint density at radius 1 is 1.11 bits per heavy atom. The zero-order valence-corrected chi connectivity index (χ0v) is 8.91. The van der Waals surface area contributed by atoms with Crippen LogP contribution in [-0.4, -0.2) is 18.1 Å². The highest BCUT2D eigenvalue weighted by Crippen LogP contribution is 2.20. The highest BCUT2D eigenvalue weighted by molar-refractivity contribution is 5.94. The number of hydrogen-bond acceptors (Lipinski definition) is 1. The third-order valence-electron chi connectivity index (χ3n) is 2.09. The van der Waals surface area contributed by atoms with E-state index < -0.39 is 41.1 Å². The van der Waals surface area contributed by atoms with E-state index in [1.807, 2.05) is 0 Å². The maximum absolute atomic E-state index is 13.1. The molecule has 0 aliphatic heterocycles. The summed E-state index contributed by atoms with van der Waals surface area (Å²) in [4.78, 5) is 11.2. The molecule has 1 aromatic carbocycles. The molecule has 1 rings (SSSR count). The molecule has 1 amide bonds. The Balaban J connectivity index is 2.95. The number of benzene rings is 1. The number of nitrogens with one attached hydrogen (secondary N) is 1. The van der Waals surface area contributed by atoms with Gasteiger partial charge in [-0.25, -0.2) is 13.2 Å². The molecule has 0 aliphatic rings. The van der Waals surface area contributed by atoms with Crippen molar-refractivity contribution in [2.24, 2.45) is 0 Å². The number of alkyl halides is 3. The minimum Gasteiger partial charge on any atom is -0.340 e. The number of rotatable bonds is 2. The largest absolute Gasteiger partial charge is 0.408 e. The van der Waals surface area contributed by atoms with Crippen molar-refractivity contribution < 1.29 is 31.1 Å². The van der Waals surface area contributed by atoms with Gasteiger partial charge in [-0.2, -0.15) is 13.2 Å². The molecule has 0 fully saturated rings. The van der Waals surface area contributed by atoms with Gasteiger partial charge in [0.2, 0.25) is 0 Å². The van der Waals surface area contributed by atoms with E-state index in [2.05, 4.69) is 0 Å². The molecule has 0 spiro atoms. The van der Waals surface area contributed by atoms with Crippen LogP contribution in [0.1, 0.15) is 17.3 Å². The second-order valence-electron chi connectivity index (χ2n) is 3.48. The van der Waals surface area contributed by atoms with Crippen molar-refractivity contribution in [3.63, 3.8) is 0 Å². The van der Waals surface area contributed by atoms with Crippen molar-refractivity contribution >= 4 is 5.91 Å². The molecule has 0 bridgehead atoms. The van der Waals surface area contributed by atoms with Crippen molar-refractivity contribution in [2.75, 3.05) is 0 Å². The highest BCUT2D eigenvalue weighted by Gasteiger charge is 2.37. The fourth-order valence-corrected chi connectivity index (χ4v) is 1.05. The van der Waals surface area contributed by atoms with E-state index in [0.717, 1.165) is 0 Å². The van der Waals surface area contributed by atoms with Crippen molar-refractivity contribution in [3.05, 3.63) is 35.1 Å². The SMILES string of the molecule is CC(NC(=O)c1cc(F)c(F)cc1F)C(F)(F)F. The molecule has 0 heterocycles. The zero-order valence-electron chi connectivity index (χ0n) is 8.91. The molecule has 0 saturated carbocycles. The van der Waals surface area contributed by atoms with Gasteiger partial charge >= 0.3 is 6.18 Å². The number of carbonyl (C=O) groups excluding carboxylic acids is 1. The van der Waals surface area contributed by atoms with E-state index in [1.54, 1.807) is 0 Å². The van der Waals surface area contributed by atoms with E-state index in [1.165, 1.54) is 5.32 Å². The minimum absolute atomic E-state index is 0.0858. The smallest absolute Gasteiger partial charge is 0.340 e. The molecule has 1 atom stereocenters. The molecule has 1 aromatic rings. The molecular formula is C10H7F6NO. The fraction of sp³-hybridized carbons (Fsp3) is 0.300. The molecule has 0 radical (unpaired) electrons. The number of hydrogen-bond donors (Lipinski definition) is 1. The van der Waals surface area contributed by atoms with Gasteiger partial charge in [-0.15, -0.1) is 0 Å². The van der Waals surface area contributed by atoms with Gasteiger partial charge in [0.25, 0.3) is 5.91 Å². The number of amides is 1. The second-order valence-corrected chi connectivity index (χ2v) is 3.48. The van der Waals surface area contributed by atoms with Crippen molar-refractivity contribution in [1.82, 2.24) is 5.32 Å². The summed E-state index contributed by atoms with van der Waals surface area (Å²) in [6.45, 7) is 0.635. The maximum Gasteiger partial charge on any atom is 0.408 e. The van der Waals surface area contributed by atoms with Gasteiger partial charge in [0, 0.05) is 6.07 Å². The molecule has 0 saturated heterocycles. The quantitative estimate of drug-likeness (QED) is 0.650. The van der Waals surface area contributed by atoms with E-state index in [9.17, 15) is 31.1 Å². The molecule has 8 heteroatoms. The summed E-state index contributed by atoms with van der Waals surface area (Å²) in [6.07, 6.45) is -4.72. The van der Waals surface area contributed by atoms with Crippen molar-refractivity contribution in [2.45, 2.75) is 19.1 Å². The van der Waals surface area contributed by atoms with Gasteiger partial charge < -0.3 is 5.32 Å². The van der Waals surface area contributed by atoms with E-state index in [0.29, 0.717) is 6.92 Å². The van der Waals surface area contributed by atoms with Crippen LogP contribution in [0.5, 0.6) is 0 Å². The summed E-state index contributed by atoms with van der Waals surface area (Å²) < 4.78 is 74.8. The predicted octanol–water partition coefficient (Wildman–Crippen LogP) is 2.78. The topological polar surface area (TPSA) is 29.1 Å². The van der Waals surface area contributed by atoms with Gasteiger partial charge in [-0.1, -0.05) is 0 Å². The van der Waals surface area contributed by atoms with Crippen LogP contribution in [0, 0.1) is 17.5 Å². The van der Waals surface area contributed by atoms with Crippen LogP contribution >= 0.6 is 0 Å². The van der Waals surface area contributed by atoms with E-state index in [-0.39, 0.29) is 12.1 Å². The maximum atomic E-state index is 13.1. The summed E-state index contributed by atoms with van der Waals surface area (Å²) in [7, 11) is 0. The summed E-state index contributed by atoms with van der Waals surface area (Å²) in [5, 5.41) is 1.43. The Bertz CT molecular complexity index is 470. The van der Waals surface area contributed by atoms with Crippen LogP contribution < -0.4 is 5.32 Å². The van der Waals surface area contributed by atoms with Crippen molar-refractivity contribution in [3.8, 4) is 0 Å². The molecule has 100 valence electrons. The third-order valence-corrected chi connectivity index (χ3v) is 2.09. The summed E-state index contributed by atoms with van der Waals surface area (Å²) in [5.74, 6) is -5.98. The standard InChI is InChI=1S/C10H7F6NO/c1-4(10(14,15)16)17-9(18)5-2-7(12)8(13)3-6(5)11/h2-4H,1H3,(H,17,18). The predicted molar refractivity (Wildman–Crippen MR) is 49.3 cm³/mol. The summed E-state index contributed by atoms with van der Waals surface area (Å²) in [6, 6.07) is -1.96. The molecule has 0 aliphatic carbocycles. The van der Waals surface area contributed by atoms with Crippen LogP contribution in [0.2, 0.25) is 0 Å². The molecular weight excluding hydrogens is 264 g/mol. The average Bonchev–Trinajstić information content (AvgIpc) is 2.21. The molecule has 1 unspecified atom stereocenters. The van der Waals surface area contributed by atoms with Crippen LogP contribution in [0.15, 0.2) is 12.1 Å². The molecule has 1 N–H and O–H groups in total. The van der Waals surface area contributed by atoms with E-state index in [4.69, 9.17) is 0 Å². The van der Waals surface area contributed by atoms with E-state index >= 15 is 0 Å². The monoisotopic (exact) mass is 271 g/mol.